The van der Waals surface area contributed by atoms with Crippen LogP contribution in [0.4, 0.5) is 5.82 Å². The van der Waals surface area contributed by atoms with E-state index in [1.165, 1.54) is 0 Å². The number of morpholine rings is 1. The number of anilines is 1. The number of fused-ring (bicyclic) bond motifs is 1. The van der Waals surface area contributed by atoms with Gasteiger partial charge in [0.1, 0.15) is 5.52 Å². The van der Waals surface area contributed by atoms with Gasteiger partial charge in [0, 0.05) is 31.5 Å². The Morgan fingerprint density at radius 1 is 1.61 bits per heavy atom. The van der Waals surface area contributed by atoms with Crippen LogP contribution in [0.25, 0.3) is 5.52 Å². The molecule has 2 aromatic heterocycles. The molecule has 1 aliphatic rings. The van der Waals surface area contributed by atoms with Gasteiger partial charge in [0.2, 0.25) is 0 Å². The highest BCUT2D eigenvalue weighted by Crippen LogP contribution is 2.14. The van der Waals surface area contributed by atoms with Crippen LogP contribution in [0.5, 0.6) is 0 Å². The van der Waals surface area contributed by atoms with Gasteiger partial charge in [-0.1, -0.05) is 0 Å². The molecule has 2 N–H and O–H groups in total. The molecule has 1 fully saturated rings. The molecular formula is C12H17N5O. The van der Waals surface area contributed by atoms with E-state index in [0.717, 1.165) is 43.3 Å². The molecule has 0 aliphatic carbocycles. The predicted octanol–water partition coefficient (Wildman–Crippen LogP) is 0.438. The number of nitrogens with zero attached hydrogens (tertiary/aromatic N) is 3. The third-order valence-electron chi connectivity index (χ3n) is 3.03. The Hall–Kier alpha value is -1.66. The van der Waals surface area contributed by atoms with Crippen molar-refractivity contribution in [3.05, 3.63) is 24.2 Å². The SMILES string of the molecule is Cc1cc2c(NCC3COCCN3)nccn2n1. The van der Waals surface area contributed by atoms with Gasteiger partial charge in [0.05, 0.1) is 18.9 Å². The van der Waals surface area contributed by atoms with Gasteiger partial charge in [0.25, 0.3) is 0 Å². The van der Waals surface area contributed by atoms with E-state index in [2.05, 4.69) is 20.7 Å². The van der Waals surface area contributed by atoms with Gasteiger partial charge in [-0.05, 0) is 13.0 Å². The Kier molecular flexibility index (Phi) is 3.12. The zero-order chi connectivity index (χ0) is 12.4. The summed E-state index contributed by atoms with van der Waals surface area (Å²) >= 11 is 0. The monoisotopic (exact) mass is 247 g/mol. The first-order valence-corrected chi connectivity index (χ1v) is 6.19. The maximum atomic E-state index is 5.42. The van der Waals surface area contributed by atoms with Crippen LogP contribution in [-0.4, -0.2) is 46.9 Å². The summed E-state index contributed by atoms with van der Waals surface area (Å²) in [5.74, 6) is 0.866. The molecular weight excluding hydrogens is 230 g/mol. The molecule has 1 saturated heterocycles. The van der Waals surface area contributed by atoms with Crippen LogP contribution in [0.2, 0.25) is 0 Å². The molecule has 0 spiro atoms. The van der Waals surface area contributed by atoms with Crippen molar-refractivity contribution >= 4 is 11.3 Å². The van der Waals surface area contributed by atoms with E-state index in [0.29, 0.717) is 6.04 Å². The minimum Gasteiger partial charge on any atom is -0.378 e. The number of rotatable bonds is 3. The largest absolute Gasteiger partial charge is 0.378 e. The van der Waals surface area contributed by atoms with Crippen molar-refractivity contribution in [2.24, 2.45) is 0 Å². The van der Waals surface area contributed by atoms with Gasteiger partial charge in [-0.2, -0.15) is 5.10 Å². The van der Waals surface area contributed by atoms with Gasteiger partial charge < -0.3 is 15.4 Å². The molecule has 6 heteroatoms. The Morgan fingerprint density at radius 3 is 3.39 bits per heavy atom. The molecule has 18 heavy (non-hydrogen) atoms. The van der Waals surface area contributed by atoms with Crippen LogP contribution >= 0.6 is 0 Å². The molecule has 0 bridgehead atoms. The van der Waals surface area contributed by atoms with Crippen LogP contribution < -0.4 is 10.6 Å². The number of aryl methyl sites for hydroxylation is 1. The highest BCUT2D eigenvalue weighted by molar-refractivity contribution is 5.67. The first kappa shape index (κ1) is 11.4. The van der Waals surface area contributed by atoms with Crippen LogP contribution in [0.3, 0.4) is 0 Å². The van der Waals surface area contributed by atoms with Crippen molar-refractivity contribution < 1.29 is 4.74 Å². The zero-order valence-electron chi connectivity index (χ0n) is 10.4. The van der Waals surface area contributed by atoms with Crippen molar-refractivity contribution in [1.29, 1.82) is 0 Å². The lowest BCUT2D eigenvalue weighted by Gasteiger charge is -2.24. The number of hydrogen-bond acceptors (Lipinski definition) is 5. The lowest BCUT2D eigenvalue weighted by molar-refractivity contribution is 0.0806. The van der Waals surface area contributed by atoms with Gasteiger partial charge >= 0.3 is 0 Å². The standard InChI is InChI=1S/C12H17N5O/c1-9-6-11-12(14-2-4-17(11)16-9)15-7-10-8-18-5-3-13-10/h2,4,6,10,13H,3,5,7-8H2,1H3,(H,14,15). The van der Waals surface area contributed by atoms with Gasteiger partial charge in [-0.3, -0.25) is 0 Å². The second kappa shape index (κ2) is 4.91. The summed E-state index contributed by atoms with van der Waals surface area (Å²) in [7, 11) is 0. The molecule has 0 aromatic carbocycles. The number of aromatic nitrogens is 3. The minimum atomic E-state index is 0.338. The summed E-state index contributed by atoms with van der Waals surface area (Å²) < 4.78 is 7.26. The summed E-state index contributed by atoms with van der Waals surface area (Å²) in [5, 5.41) is 11.1. The quantitative estimate of drug-likeness (QED) is 0.824. The Labute approximate surface area is 105 Å². The summed E-state index contributed by atoms with van der Waals surface area (Å²) in [6.07, 6.45) is 3.61. The van der Waals surface area contributed by atoms with Crippen molar-refractivity contribution in [3.8, 4) is 0 Å². The summed E-state index contributed by atoms with van der Waals surface area (Å²) in [6.45, 7) is 5.24. The normalized spacial score (nSPS) is 20.2. The van der Waals surface area contributed by atoms with Crippen molar-refractivity contribution in [2.75, 3.05) is 31.6 Å². The molecule has 1 atom stereocenters. The summed E-state index contributed by atoms with van der Waals surface area (Å²) in [5.41, 5.74) is 2.00. The molecule has 96 valence electrons. The van der Waals surface area contributed by atoms with E-state index in [1.807, 2.05) is 23.7 Å². The predicted molar refractivity (Wildman–Crippen MR) is 68.8 cm³/mol. The van der Waals surface area contributed by atoms with Crippen LogP contribution in [0, 0.1) is 6.92 Å². The maximum absolute atomic E-state index is 5.42. The molecule has 6 nitrogen and oxygen atoms in total. The van der Waals surface area contributed by atoms with Gasteiger partial charge in [0.15, 0.2) is 5.82 Å². The number of ether oxygens (including phenoxy) is 1. The fraction of sp³-hybridized carbons (Fsp3) is 0.500. The molecule has 2 aromatic rings. The minimum absolute atomic E-state index is 0.338. The molecule has 0 radical (unpaired) electrons. The average molecular weight is 247 g/mol. The second-order valence-corrected chi connectivity index (χ2v) is 4.50. The highest BCUT2D eigenvalue weighted by Gasteiger charge is 2.13. The van der Waals surface area contributed by atoms with Crippen LogP contribution in [0.15, 0.2) is 18.5 Å². The fourth-order valence-electron chi connectivity index (χ4n) is 2.15. The maximum Gasteiger partial charge on any atom is 0.152 e. The lowest BCUT2D eigenvalue weighted by Crippen LogP contribution is -2.45. The van der Waals surface area contributed by atoms with Crippen molar-refractivity contribution in [2.45, 2.75) is 13.0 Å². The molecule has 3 heterocycles. The van der Waals surface area contributed by atoms with Crippen molar-refractivity contribution in [3.63, 3.8) is 0 Å². The third-order valence-corrected chi connectivity index (χ3v) is 3.03. The molecule has 1 unspecified atom stereocenters. The van der Waals surface area contributed by atoms with E-state index in [9.17, 15) is 0 Å². The first-order chi connectivity index (χ1) is 8.83. The van der Waals surface area contributed by atoms with Crippen LogP contribution in [-0.2, 0) is 4.74 Å². The topological polar surface area (TPSA) is 63.5 Å². The molecule has 0 amide bonds. The number of hydrogen-bond donors (Lipinski definition) is 2. The van der Waals surface area contributed by atoms with E-state index < -0.39 is 0 Å². The van der Waals surface area contributed by atoms with E-state index in [4.69, 9.17) is 4.74 Å². The Morgan fingerprint density at radius 2 is 2.56 bits per heavy atom. The summed E-state index contributed by atoms with van der Waals surface area (Å²) in [4.78, 5) is 4.36. The zero-order valence-corrected chi connectivity index (χ0v) is 10.4. The third kappa shape index (κ3) is 2.30. The second-order valence-electron chi connectivity index (χ2n) is 4.50. The number of nitrogens with one attached hydrogen (secondary N) is 2. The molecule has 0 saturated carbocycles. The Balaban J connectivity index is 1.73. The molecule has 3 rings (SSSR count). The smallest absolute Gasteiger partial charge is 0.152 e. The van der Waals surface area contributed by atoms with E-state index in [1.54, 1.807) is 6.20 Å². The van der Waals surface area contributed by atoms with Crippen LogP contribution in [0.1, 0.15) is 5.69 Å². The van der Waals surface area contributed by atoms with Gasteiger partial charge in [-0.25, -0.2) is 9.50 Å². The van der Waals surface area contributed by atoms with Gasteiger partial charge in [-0.15, -0.1) is 0 Å². The highest BCUT2D eigenvalue weighted by atomic mass is 16.5. The van der Waals surface area contributed by atoms with E-state index >= 15 is 0 Å². The lowest BCUT2D eigenvalue weighted by atomic mass is 10.3. The first-order valence-electron chi connectivity index (χ1n) is 6.19. The average Bonchev–Trinajstić information content (AvgIpc) is 2.78. The van der Waals surface area contributed by atoms with Crippen molar-refractivity contribution in [1.82, 2.24) is 19.9 Å². The summed E-state index contributed by atoms with van der Waals surface area (Å²) in [6, 6.07) is 2.37. The van der Waals surface area contributed by atoms with E-state index in [-0.39, 0.29) is 0 Å². The molecule has 1 aliphatic heterocycles. The fourth-order valence-corrected chi connectivity index (χ4v) is 2.15. The Bertz CT molecular complexity index is 532.